The fraction of sp³-hybridized carbons (Fsp3) is 0.467. The number of nitrogens with one attached hydrogen (secondary N) is 1. The number of pyridine rings is 1. The number of aryl methyl sites for hydroxylation is 2. The molecule has 2 aromatic heterocycles. The van der Waals surface area contributed by atoms with Gasteiger partial charge in [0.2, 0.25) is 10.0 Å². The van der Waals surface area contributed by atoms with Gasteiger partial charge in [-0.05, 0) is 70.3 Å². The maximum absolute atomic E-state index is 13.9. The van der Waals surface area contributed by atoms with Gasteiger partial charge in [0, 0.05) is 61.1 Å². The lowest BCUT2D eigenvalue weighted by molar-refractivity contribution is 0.0984. The summed E-state index contributed by atoms with van der Waals surface area (Å²) < 4.78 is 33.9. The number of aromatic nitrogens is 2. The van der Waals surface area contributed by atoms with Crippen molar-refractivity contribution in [3.63, 3.8) is 0 Å². The Bertz CT molecular complexity index is 1640. The summed E-state index contributed by atoms with van der Waals surface area (Å²) in [5.41, 5.74) is 3.40. The largest absolute Gasteiger partial charge is 0.496 e. The molecule has 0 amide bonds. The van der Waals surface area contributed by atoms with E-state index in [-0.39, 0.29) is 24.2 Å². The molecule has 0 spiro atoms. The van der Waals surface area contributed by atoms with Crippen LogP contribution in [0.3, 0.4) is 0 Å². The van der Waals surface area contributed by atoms with Crippen LogP contribution in [-0.4, -0.2) is 73.1 Å². The van der Waals surface area contributed by atoms with Gasteiger partial charge in [0.1, 0.15) is 5.75 Å². The molecule has 9 nitrogen and oxygen atoms in total. The molecule has 40 heavy (non-hydrogen) atoms. The average molecular weight is 567 g/mol. The summed E-state index contributed by atoms with van der Waals surface area (Å²) in [6, 6.07) is 5.56. The van der Waals surface area contributed by atoms with Crippen LogP contribution in [0.2, 0.25) is 0 Å². The molecule has 1 N–H and O–H groups in total. The highest BCUT2D eigenvalue weighted by Gasteiger charge is 2.54. The number of methoxy groups -OCH3 is 1. The zero-order chi connectivity index (χ0) is 28.8. The maximum Gasteiger partial charge on any atom is 0.255 e. The van der Waals surface area contributed by atoms with Gasteiger partial charge in [0.25, 0.3) is 5.56 Å². The molecule has 1 saturated heterocycles. The van der Waals surface area contributed by atoms with Gasteiger partial charge in [0.15, 0.2) is 5.78 Å². The minimum Gasteiger partial charge on any atom is -0.496 e. The van der Waals surface area contributed by atoms with E-state index in [2.05, 4.69) is 28.4 Å². The molecular weight excluding hydrogens is 528 g/mol. The molecular formula is C30H38N4O5S. The number of benzene rings is 1. The topological polar surface area (TPSA) is 105 Å². The summed E-state index contributed by atoms with van der Waals surface area (Å²) >= 11 is 0. The molecule has 1 aliphatic carbocycles. The Hall–Kier alpha value is -3.37. The van der Waals surface area contributed by atoms with Crippen molar-refractivity contribution >= 4 is 32.4 Å². The van der Waals surface area contributed by atoms with Gasteiger partial charge >= 0.3 is 0 Å². The molecule has 214 valence electrons. The van der Waals surface area contributed by atoms with Crippen molar-refractivity contribution in [3.05, 3.63) is 69.8 Å². The SMILES string of the molecule is C=CCC1(S(=O)(=O)n2cc(C)c3c(C(=O)CCc4c(OC)cc(C)[nH]c4=O)cc(N4CCN(C)CC4)cc32)CC1. The van der Waals surface area contributed by atoms with Crippen molar-refractivity contribution in [3.8, 4) is 5.75 Å². The molecule has 0 atom stereocenters. The Morgan fingerprint density at radius 2 is 1.85 bits per heavy atom. The predicted octanol–water partition coefficient (Wildman–Crippen LogP) is 3.81. The van der Waals surface area contributed by atoms with Crippen LogP contribution in [0.15, 0.2) is 41.8 Å². The van der Waals surface area contributed by atoms with Crippen molar-refractivity contribution in [1.29, 1.82) is 0 Å². The van der Waals surface area contributed by atoms with Crippen LogP contribution in [0.25, 0.3) is 10.9 Å². The first-order valence-electron chi connectivity index (χ1n) is 13.8. The van der Waals surface area contributed by atoms with Crippen molar-refractivity contribution in [2.24, 2.45) is 0 Å². The summed E-state index contributed by atoms with van der Waals surface area (Å²) in [4.78, 5) is 33.8. The minimum atomic E-state index is -3.72. The van der Waals surface area contributed by atoms with E-state index in [0.29, 0.717) is 52.7 Å². The lowest BCUT2D eigenvalue weighted by Gasteiger charge is -2.34. The van der Waals surface area contributed by atoms with Gasteiger partial charge in [-0.1, -0.05) is 6.08 Å². The number of hydrogen-bond acceptors (Lipinski definition) is 7. The summed E-state index contributed by atoms with van der Waals surface area (Å²) in [5, 5.41) is 0.644. The number of ether oxygens (including phenoxy) is 1. The monoisotopic (exact) mass is 566 g/mol. The smallest absolute Gasteiger partial charge is 0.255 e. The zero-order valence-electron chi connectivity index (χ0n) is 23.7. The van der Waals surface area contributed by atoms with Crippen molar-refractivity contribution in [1.82, 2.24) is 13.9 Å². The summed E-state index contributed by atoms with van der Waals surface area (Å²) in [6.07, 6.45) is 5.20. The fourth-order valence-electron chi connectivity index (χ4n) is 5.83. The van der Waals surface area contributed by atoms with Gasteiger partial charge in [-0.15, -0.1) is 6.58 Å². The van der Waals surface area contributed by atoms with Gasteiger partial charge in [-0.2, -0.15) is 0 Å². The second-order valence-electron chi connectivity index (χ2n) is 11.2. The third-order valence-electron chi connectivity index (χ3n) is 8.40. The number of H-pyrrole nitrogens is 1. The molecule has 0 bridgehead atoms. The predicted molar refractivity (Wildman–Crippen MR) is 158 cm³/mol. The number of hydrogen-bond donors (Lipinski definition) is 1. The molecule has 1 aliphatic heterocycles. The maximum atomic E-state index is 13.9. The second-order valence-corrected chi connectivity index (χ2v) is 13.4. The van der Waals surface area contributed by atoms with E-state index in [1.165, 1.54) is 11.1 Å². The minimum absolute atomic E-state index is 0.0849. The summed E-state index contributed by atoms with van der Waals surface area (Å²) in [6.45, 7) is 10.7. The van der Waals surface area contributed by atoms with Crippen LogP contribution in [0.5, 0.6) is 5.75 Å². The third-order valence-corrected chi connectivity index (χ3v) is 10.9. The first-order chi connectivity index (χ1) is 19.0. The van der Waals surface area contributed by atoms with Crippen LogP contribution < -0.4 is 15.2 Å². The van der Waals surface area contributed by atoms with Crippen LogP contribution in [0.4, 0.5) is 5.69 Å². The molecule has 0 unspecified atom stereocenters. The average Bonchev–Trinajstić information content (AvgIpc) is 3.64. The van der Waals surface area contributed by atoms with E-state index in [1.807, 2.05) is 19.1 Å². The number of nitrogens with zero attached hydrogens (tertiary/aromatic N) is 3. The van der Waals surface area contributed by atoms with Gasteiger partial charge in [-0.3, -0.25) is 9.59 Å². The highest BCUT2D eigenvalue weighted by atomic mass is 32.2. The van der Waals surface area contributed by atoms with E-state index in [4.69, 9.17) is 4.74 Å². The van der Waals surface area contributed by atoms with E-state index < -0.39 is 14.8 Å². The first-order valence-corrected chi connectivity index (χ1v) is 15.2. The van der Waals surface area contributed by atoms with E-state index in [1.54, 1.807) is 25.3 Å². The Kier molecular flexibility index (Phi) is 7.43. The quantitative estimate of drug-likeness (QED) is 0.294. The summed E-state index contributed by atoms with van der Waals surface area (Å²) in [5.74, 6) is 0.309. The highest BCUT2D eigenvalue weighted by molar-refractivity contribution is 7.91. The van der Waals surface area contributed by atoms with E-state index >= 15 is 0 Å². The van der Waals surface area contributed by atoms with Gasteiger partial charge < -0.3 is 19.5 Å². The Morgan fingerprint density at radius 3 is 2.48 bits per heavy atom. The van der Waals surface area contributed by atoms with Crippen molar-refractivity contribution < 1.29 is 17.9 Å². The standard InChI is InChI=1S/C30H38N4O5S/c1-6-9-30(10-11-30)40(37,38)34-19-20(2)28-24(17-22(18-25(28)34)33-14-12-32(4)13-15-33)26(35)8-7-23-27(39-5)16-21(3)31-29(23)36/h6,16-19H,1,7-15H2,2-5H3,(H,31,36). The Balaban J connectivity index is 1.60. The molecule has 2 aliphatic rings. The Morgan fingerprint density at radius 1 is 1.15 bits per heavy atom. The molecule has 0 radical (unpaired) electrons. The number of carbonyl (C=O) groups is 1. The number of carbonyl (C=O) groups excluding carboxylic acids is 1. The molecule has 3 aromatic rings. The number of aromatic amines is 1. The number of Topliss-reactive ketones (excluding diaryl/α,β-unsaturated/α-hetero) is 1. The molecule has 2 fully saturated rings. The number of allylic oxidation sites excluding steroid dienone is 1. The molecule has 3 heterocycles. The van der Waals surface area contributed by atoms with Crippen LogP contribution >= 0.6 is 0 Å². The number of rotatable bonds is 10. The van der Waals surface area contributed by atoms with Crippen LogP contribution in [0, 0.1) is 13.8 Å². The molecule has 1 saturated carbocycles. The molecule has 1 aromatic carbocycles. The second kappa shape index (κ2) is 10.6. The van der Waals surface area contributed by atoms with Crippen molar-refractivity contribution in [2.75, 3.05) is 45.2 Å². The normalized spacial score (nSPS) is 17.2. The number of ketones is 1. The van der Waals surface area contributed by atoms with Gasteiger partial charge in [-0.25, -0.2) is 12.4 Å². The Labute approximate surface area is 235 Å². The van der Waals surface area contributed by atoms with E-state index in [0.717, 1.165) is 37.4 Å². The first kappa shape index (κ1) is 28.2. The van der Waals surface area contributed by atoms with Gasteiger partial charge in [0.05, 0.1) is 22.9 Å². The summed E-state index contributed by atoms with van der Waals surface area (Å²) in [7, 11) is -0.139. The number of likely N-dealkylation sites (N-methyl/N-ethyl adjacent to an activating group) is 1. The molecule has 5 rings (SSSR count). The van der Waals surface area contributed by atoms with Crippen molar-refractivity contribution in [2.45, 2.75) is 50.7 Å². The highest BCUT2D eigenvalue weighted by Crippen LogP contribution is 2.49. The zero-order valence-corrected chi connectivity index (χ0v) is 24.6. The fourth-order valence-corrected chi connectivity index (χ4v) is 7.90. The number of fused-ring (bicyclic) bond motifs is 1. The third kappa shape index (κ3) is 4.88. The number of piperazine rings is 1. The lowest BCUT2D eigenvalue weighted by Crippen LogP contribution is -2.44. The van der Waals surface area contributed by atoms with E-state index in [9.17, 15) is 18.0 Å². The van der Waals surface area contributed by atoms with Crippen LogP contribution in [0.1, 0.15) is 52.9 Å². The molecule has 10 heteroatoms. The lowest BCUT2D eigenvalue weighted by atomic mass is 9.97. The van der Waals surface area contributed by atoms with Crippen LogP contribution in [-0.2, 0) is 16.4 Å². The number of anilines is 1.